The normalized spacial score (nSPS) is 10.7. The van der Waals surface area contributed by atoms with E-state index in [1.165, 1.54) is 9.75 Å². The SMILES string of the molecule is Cc1cc(OCc2ccc(CN)s2)n(C)n1. The minimum Gasteiger partial charge on any atom is -0.472 e. The van der Waals surface area contributed by atoms with Crippen molar-refractivity contribution in [3.8, 4) is 5.88 Å². The van der Waals surface area contributed by atoms with E-state index in [0.29, 0.717) is 13.2 Å². The zero-order valence-corrected chi connectivity index (χ0v) is 10.3. The molecule has 0 unspecified atom stereocenters. The van der Waals surface area contributed by atoms with Crippen LogP contribution in [0.5, 0.6) is 5.88 Å². The number of aryl methyl sites for hydroxylation is 2. The van der Waals surface area contributed by atoms with Crippen molar-refractivity contribution < 1.29 is 4.74 Å². The molecule has 2 aromatic rings. The van der Waals surface area contributed by atoms with Crippen LogP contribution >= 0.6 is 11.3 Å². The maximum atomic E-state index is 5.67. The third-order valence-electron chi connectivity index (χ3n) is 2.24. The molecule has 0 fully saturated rings. The van der Waals surface area contributed by atoms with Crippen molar-refractivity contribution in [2.45, 2.75) is 20.1 Å². The fourth-order valence-corrected chi connectivity index (χ4v) is 2.29. The largest absolute Gasteiger partial charge is 0.472 e. The fourth-order valence-electron chi connectivity index (χ4n) is 1.48. The highest BCUT2D eigenvalue weighted by atomic mass is 32.1. The summed E-state index contributed by atoms with van der Waals surface area (Å²) in [6.45, 7) is 3.11. The Bertz CT molecular complexity index is 475. The molecule has 0 saturated carbocycles. The van der Waals surface area contributed by atoms with Gasteiger partial charge in [-0.2, -0.15) is 5.10 Å². The second-order valence-electron chi connectivity index (χ2n) is 3.61. The van der Waals surface area contributed by atoms with Crippen LogP contribution in [0.25, 0.3) is 0 Å². The number of nitrogens with zero attached hydrogens (tertiary/aromatic N) is 2. The average Bonchev–Trinajstić information content (AvgIpc) is 2.82. The van der Waals surface area contributed by atoms with Crippen molar-refractivity contribution in [1.29, 1.82) is 0 Å². The first kappa shape index (κ1) is 11.2. The van der Waals surface area contributed by atoms with E-state index in [1.807, 2.05) is 26.1 Å². The molecule has 0 atom stereocenters. The van der Waals surface area contributed by atoms with E-state index in [0.717, 1.165) is 11.6 Å². The summed E-state index contributed by atoms with van der Waals surface area (Å²) in [6, 6.07) is 6.02. The molecule has 0 radical (unpaired) electrons. The van der Waals surface area contributed by atoms with Crippen LogP contribution in [0.2, 0.25) is 0 Å². The Kier molecular flexibility index (Phi) is 3.26. The molecule has 0 saturated heterocycles. The lowest BCUT2D eigenvalue weighted by Crippen LogP contribution is -1.99. The quantitative estimate of drug-likeness (QED) is 0.882. The van der Waals surface area contributed by atoms with Gasteiger partial charge in [-0.25, -0.2) is 4.68 Å². The topological polar surface area (TPSA) is 53.1 Å². The van der Waals surface area contributed by atoms with Crippen molar-refractivity contribution in [1.82, 2.24) is 9.78 Å². The van der Waals surface area contributed by atoms with Crippen molar-refractivity contribution in [2.24, 2.45) is 12.8 Å². The molecule has 5 heteroatoms. The Morgan fingerprint density at radius 3 is 2.75 bits per heavy atom. The summed E-state index contributed by atoms with van der Waals surface area (Å²) in [7, 11) is 1.88. The van der Waals surface area contributed by atoms with Crippen molar-refractivity contribution in [3.05, 3.63) is 33.6 Å². The van der Waals surface area contributed by atoms with Gasteiger partial charge in [-0.05, 0) is 19.1 Å². The fraction of sp³-hybridized carbons (Fsp3) is 0.364. The second kappa shape index (κ2) is 4.67. The van der Waals surface area contributed by atoms with E-state index < -0.39 is 0 Å². The van der Waals surface area contributed by atoms with Gasteiger partial charge in [-0.1, -0.05) is 0 Å². The van der Waals surface area contributed by atoms with Crippen LogP contribution in [0.15, 0.2) is 18.2 Å². The lowest BCUT2D eigenvalue weighted by molar-refractivity contribution is 0.282. The van der Waals surface area contributed by atoms with Crippen LogP contribution in [0, 0.1) is 6.92 Å². The van der Waals surface area contributed by atoms with Crippen molar-refractivity contribution in [2.75, 3.05) is 0 Å². The molecule has 2 rings (SSSR count). The first-order chi connectivity index (χ1) is 7.69. The van der Waals surface area contributed by atoms with E-state index >= 15 is 0 Å². The third kappa shape index (κ3) is 2.43. The van der Waals surface area contributed by atoms with Crippen molar-refractivity contribution in [3.63, 3.8) is 0 Å². The van der Waals surface area contributed by atoms with E-state index in [2.05, 4.69) is 11.2 Å². The van der Waals surface area contributed by atoms with Crippen LogP contribution in [-0.2, 0) is 20.2 Å². The summed E-state index contributed by atoms with van der Waals surface area (Å²) in [4.78, 5) is 2.36. The van der Waals surface area contributed by atoms with Crippen LogP contribution in [0.1, 0.15) is 15.4 Å². The van der Waals surface area contributed by atoms with E-state index in [9.17, 15) is 0 Å². The first-order valence-electron chi connectivity index (χ1n) is 5.10. The van der Waals surface area contributed by atoms with Crippen LogP contribution in [0.4, 0.5) is 0 Å². The van der Waals surface area contributed by atoms with Gasteiger partial charge in [0.2, 0.25) is 5.88 Å². The summed E-state index contributed by atoms with van der Waals surface area (Å²) in [6.07, 6.45) is 0. The predicted octanol–water partition coefficient (Wildman–Crippen LogP) is 1.83. The summed E-state index contributed by atoms with van der Waals surface area (Å²) >= 11 is 1.69. The molecule has 2 N–H and O–H groups in total. The molecule has 16 heavy (non-hydrogen) atoms. The molecule has 0 aliphatic carbocycles. The van der Waals surface area contributed by atoms with E-state index in [1.54, 1.807) is 16.0 Å². The third-order valence-corrected chi connectivity index (χ3v) is 3.32. The number of nitrogens with two attached hydrogens (primary N) is 1. The van der Waals surface area contributed by atoms with E-state index in [4.69, 9.17) is 10.5 Å². The number of rotatable bonds is 4. The van der Waals surface area contributed by atoms with Crippen LogP contribution in [0.3, 0.4) is 0 Å². The monoisotopic (exact) mass is 237 g/mol. The lowest BCUT2D eigenvalue weighted by atomic mass is 10.4. The molecule has 4 nitrogen and oxygen atoms in total. The Labute approximate surface area is 98.6 Å². The minimum atomic E-state index is 0.573. The molecule has 2 heterocycles. The molecule has 86 valence electrons. The maximum Gasteiger partial charge on any atom is 0.212 e. The van der Waals surface area contributed by atoms with Gasteiger partial charge < -0.3 is 10.5 Å². The summed E-state index contributed by atoms with van der Waals surface area (Å²) in [5.41, 5.74) is 6.52. The number of hydrogen-bond donors (Lipinski definition) is 1. The average molecular weight is 237 g/mol. The lowest BCUT2D eigenvalue weighted by Gasteiger charge is -2.03. The van der Waals surface area contributed by atoms with Gasteiger partial charge in [0.1, 0.15) is 6.61 Å². The van der Waals surface area contributed by atoms with Crippen LogP contribution < -0.4 is 10.5 Å². The van der Waals surface area contributed by atoms with Crippen LogP contribution in [-0.4, -0.2) is 9.78 Å². The minimum absolute atomic E-state index is 0.573. The molecular formula is C11H15N3OS. The number of hydrogen-bond acceptors (Lipinski definition) is 4. The molecule has 0 aromatic carbocycles. The molecule has 0 spiro atoms. The molecule has 0 amide bonds. The Balaban J connectivity index is 1.99. The van der Waals surface area contributed by atoms with Gasteiger partial charge in [0.05, 0.1) is 5.69 Å². The van der Waals surface area contributed by atoms with Gasteiger partial charge in [0, 0.05) is 29.4 Å². The van der Waals surface area contributed by atoms with E-state index in [-0.39, 0.29) is 0 Å². The number of thiophene rings is 1. The standard InChI is InChI=1S/C11H15N3OS/c1-8-5-11(14(2)13-8)15-7-10-4-3-9(6-12)16-10/h3-5H,6-7,12H2,1-2H3. The maximum absolute atomic E-state index is 5.67. The van der Waals surface area contributed by atoms with Gasteiger partial charge in [-0.3, -0.25) is 0 Å². The van der Waals surface area contributed by atoms with Crippen molar-refractivity contribution >= 4 is 11.3 Å². The highest BCUT2D eigenvalue weighted by Crippen LogP contribution is 2.19. The molecule has 0 bridgehead atoms. The smallest absolute Gasteiger partial charge is 0.212 e. The second-order valence-corrected chi connectivity index (χ2v) is 4.86. The molecule has 2 aromatic heterocycles. The Morgan fingerprint density at radius 1 is 1.44 bits per heavy atom. The van der Waals surface area contributed by atoms with Gasteiger partial charge in [-0.15, -0.1) is 11.3 Å². The summed E-state index contributed by atoms with van der Waals surface area (Å²) in [5.74, 6) is 0.792. The number of aromatic nitrogens is 2. The Hall–Kier alpha value is -1.33. The molecule has 0 aliphatic heterocycles. The zero-order chi connectivity index (χ0) is 11.5. The first-order valence-corrected chi connectivity index (χ1v) is 5.92. The Morgan fingerprint density at radius 2 is 2.19 bits per heavy atom. The molecular weight excluding hydrogens is 222 g/mol. The highest BCUT2D eigenvalue weighted by molar-refractivity contribution is 7.11. The number of ether oxygens (including phenoxy) is 1. The summed E-state index contributed by atoms with van der Waals surface area (Å²) in [5, 5.41) is 4.22. The van der Waals surface area contributed by atoms with Gasteiger partial charge >= 0.3 is 0 Å². The van der Waals surface area contributed by atoms with Gasteiger partial charge in [0.25, 0.3) is 0 Å². The predicted molar refractivity (Wildman–Crippen MR) is 64.5 cm³/mol. The van der Waals surface area contributed by atoms with Gasteiger partial charge in [0.15, 0.2) is 0 Å². The highest BCUT2D eigenvalue weighted by Gasteiger charge is 2.04. The molecule has 0 aliphatic rings. The zero-order valence-electron chi connectivity index (χ0n) is 9.43. The summed E-state index contributed by atoms with van der Waals surface area (Å²) < 4.78 is 7.41.